The summed E-state index contributed by atoms with van der Waals surface area (Å²) in [5.41, 5.74) is 5.06. The van der Waals surface area contributed by atoms with Crippen LogP contribution >= 0.6 is 12.6 Å². The third-order valence-corrected chi connectivity index (χ3v) is 6.56. The topological polar surface area (TPSA) is 38.3 Å². The van der Waals surface area contributed by atoms with Gasteiger partial charge in [-0.3, -0.25) is 0 Å². The number of ether oxygens (including phenoxy) is 1. The minimum absolute atomic E-state index is 0.142. The second-order valence-electron chi connectivity index (χ2n) is 8.79. The normalized spacial score (nSPS) is 13.6. The van der Waals surface area contributed by atoms with Crippen molar-refractivity contribution in [1.29, 1.82) is 0 Å². The number of likely N-dealkylation sites (N-methyl/N-ethyl adjacent to an activating group) is 1. The first kappa shape index (κ1) is 29.8. The highest BCUT2D eigenvalue weighted by molar-refractivity contribution is 7.80. The minimum Gasteiger partial charge on any atom is -0.490 e. The molecule has 188 valence electrons. The maximum atomic E-state index is 14.4. The van der Waals surface area contributed by atoms with Crippen molar-refractivity contribution in [2.24, 2.45) is 5.92 Å². The molecular formula is C29H42FNO2S. The van der Waals surface area contributed by atoms with Crippen LogP contribution < -0.4 is 10.1 Å². The highest BCUT2D eigenvalue weighted by Crippen LogP contribution is 2.37. The lowest BCUT2D eigenvalue weighted by Gasteiger charge is -2.20. The molecule has 5 heteroatoms. The predicted molar refractivity (Wildman–Crippen MR) is 146 cm³/mol. The van der Waals surface area contributed by atoms with E-state index in [4.69, 9.17) is 9.53 Å². The van der Waals surface area contributed by atoms with Crippen molar-refractivity contribution in [2.45, 2.75) is 72.3 Å². The summed E-state index contributed by atoms with van der Waals surface area (Å²) in [7, 11) is 1.94. The van der Waals surface area contributed by atoms with Gasteiger partial charge in [0.15, 0.2) is 0 Å². The zero-order valence-electron chi connectivity index (χ0n) is 21.5. The van der Waals surface area contributed by atoms with Crippen LogP contribution in [0.1, 0.15) is 64.5 Å². The Balaban J connectivity index is 0.000000733. The zero-order chi connectivity index (χ0) is 25.5. The fraction of sp³-hybridized carbons (Fsp3) is 0.483. The molecule has 1 aliphatic carbocycles. The number of carbonyl (C=O) groups excluding carboxylic acids is 1. The van der Waals surface area contributed by atoms with Gasteiger partial charge in [0.05, 0.1) is 6.10 Å². The van der Waals surface area contributed by atoms with Gasteiger partial charge in [-0.05, 0) is 85.6 Å². The first-order valence-electron chi connectivity index (χ1n) is 12.2. The molecule has 3 rings (SSSR count). The van der Waals surface area contributed by atoms with Gasteiger partial charge in [-0.25, -0.2) is 4.39 Å². The van der Waals surface area contributed by atoms with Crippen LogP contribution in [-0.2, 0) is 17.6 Å². The molecule has 1 fully saturated rings. The Morgan fingerprint density at radius 2 is 1.85 bits per heavy atom. The lowest BCUT2D eigenvalue weighted by Crippen LogP contribution is -2.12. The molecule has 0 unspecified atom stereocenters. The van der Waals surface area contributed by atoms with Crippen LogP contribution in [0.25, 0.3) is 11.1 Å². The molecule has 0 spiro atoms. The van der Waals surface area contributed by atoms with Crippen molar-refractivity contribution < 1.29 is 13.9 Å². The summed E-state index contributed by atoms with van der Waals surface area (Å²) >= 11 is 4.02. The predicted octanol–water partition coefficient (Wildman–Crippen LogP) is 7.43. The van der Waals surface area contributed by atoms with E-state index in [-0.39, 0.29) is 11.9 Å². The van der Waals surface area contributed by atoms with Crippen LogP contribution in [-0.4, -0.2) is 25.7 Å². The highest BCUT2D eigenvalue weighted by atomic mass is 32.1. The van der Waals surface area contributed by atoms with Gasteiger partial charge in [0.25, 0.3) is 0 Å². The largest absolute Gasteiger partial charge is 0.490 e. The molecule has 0 atom stereocenters. The summed E-state index contributed by atoms with van der Waals surface area (Å²) in [5, 5.41) is 3.23. The second-order valence-corrected chi connectivity index (χ2v) is 9.16. The number of carbonyl (C=O) groups is 1. The van der Waals surface area contributed by atoms with E-state index in [9.17, 15) is 4.39 Å². The Kier molecular flexibility index (Phi) is 14.3. The van der Waals surface area contributed by atoms with Gasteiger partial charge in [-0.2, -0.15) is 12.6 Å². The molecule has 0 aromatic heterocycles. The number of thiol groups is 1. The summed E-state index contributed by atoms with van der Waals surface area (Å²) in [6.07, 6.45) is 8.50. The van der Waals surface area contributed by atoms with Crippen LogP contribution in [0.15, 0.2) is 48.2 Å². The molecule has 0 aliphatic heterocycles. The number of benzene rings is 2. The van der Waals surface area contributed by atoms with Gasteiger partial charge in [-0.15, -0.1) is 0 Å². The monoisotopic (exact) mass is 487 g/mol. The molecule has 1 saturated carbocycles. The van der Waals surface area contributed by atoms with Crippen molar-refractivity contribution in [3.8, 4) is 16.9 Å². The molecule has 2 aromatic rings. The minimum atomic E-state index is -0.142. The summed E-state index contributed by atoms with van der Waals surface area (Å²) in [4.78, 5) is 8.00. The van der Waals surface area contributed by atoms with E-state index in [0.29, 0.717) is 6.42 Å². The molecule has 0 heterocycles. The SMILES string of the molecule is C/C=C(/Cc1ccc(OC2CCCC2)c(-c2cccc(F)c2CC)c1)NC.C=O.CC(C)CS. The molecule has 1 N–H and O–H groups in total. The maximum Gasteiger partial charge on any atom is 0.127 e. The Bertz CT molecular complexity index is 892. The molecule has 1 aliphatic rings. The quantitative estimate of drug-likeness (QED) is 0.380. The average molecular weight is 488 g/mol. The molecule has 0 radical (unpaired) electrons. The van der Waals surface area contributed by atoms with E-state index < -0.39 is 0 Å². The van der Waals surface area contributed by atoms with E-state index in [2.05, 4.69) is 56.1 Å². The zero-order valence-corrected chi connectivity index (χ0v) is 22.4. The highest BCUT2D eigenvalue weighted by Gasteiger charge is 2.20. The van der Waals surface area contributed by atoms with Gasteiger partial charge in [0.2, 0.25) is 0 Å². The summed E-state index contributed by atoms with van der Waals surface area (Å²) < 4.78 is 20.8. The number of hydrogen-bond donors (Lipinski definition) is 2. The number of hydrogen-bond acceptors (Lipinski definition) is 4. The summed E-state index contributed by atoms with van der Waals surface area (Å²) in [6, 6.07) is 11.7. The van der Waals surface area contributed by atoms with E-state index in [1.54, 1.807) is 12.1 Å². The van der Waals surface area contributed by atoms with Crippen LogP contribution in [0.2, 0.25) is 0 Å². The number of nitrogens with one attached hydrogen (secondary N) is 1. The van der Waals surface area contributed by atoms with Crippen molar-refractivity contribution in [3.63, 3.8) is 0 Å². The van der Waals surface area contributed by atoms with Gasteiger partial charge < -0.3 is 14.8 Å². The third-order valence-electron chi connectivity index (χ3n) is 5.83. The van der Waals surface area contributed by atoms with E-state index in [1.165, 1.54) is 24.1 Å². The van der Waals surface area contributed by atoms with Crippen molar-refractivity contribution in [2.75, 3.05) is 12.8 Å². The maximum absolute atomic E-state index is 14.4. The Hall–Kier alpha value is -2.27. The van der Waals surface area contributed by atoms with Crippen LogP contribution in [0.5, 0.6) is 5.75 Å². The van der Waals surface area contributed by atoms with E-state index in [0.717, 1.165) is 53.4 Å². The molecule has 34 heavy (non-hydrogen) atoms. The van der Waals surface area contributed by atoms with Gasteiger partial charge in [-0.1, -0.05) is 45.0 Å². The summed E-state index contributed by atoms with van der Waals surface area (Å²) in [5.74, 6) is 2.48. The number of halogens is 1. The molecule has 0 amide bonds. The molecule has 0 bridgehead atoms. The van der Waals surface area contributed by atoms with Crippen molar-refractivity contribution in [3.05, 3.63) is 65.1 Å². The number of rotatable bonds is 8. The first-order chi connectivity index (χ1) is 16.4. The third kappa shape index (κ3) is 9.17. The van der Waals surface area contributed by atoms with Crippen LogP contribution in [0, 0.1) is 11.7 Å². The Morgan fingerprint density at radius 1 is 1.21 bits per heavy atom. The summed E-state index contributed by atoms with van der Waals surface area (Å²) in [6.45, 7) is 10.3. The molecular weight excluding hydrogens is 445 g/mol. The average Bonchev–Trinajstić information content (AvgIpc) is 3.38. The van der Waals surface area contributed by atoms with Gasteiger partial charge in [0, 0.05) is 24.7 Å². The van der Waals surface area contributed by atoms with E-state index in [1.807, 2.05) is 33.8 Å². The lowest BCUT2D eigenvalue weighted by atomic mass is 9.94. The fourth-order valence-corrected chi connectivity index (χ4v) is 3.91. The second kappa shape index (κ2) is 16.4. The Morgan fingerprint density at radius 3 is 2.38 bits per heavy atom. The molecule has 2 aromatic carbocycles. The van der Waals surface area contributed by atoms with Gasteiger partial charge in [0.1, 0.15) is 18.4 Å². The lowest BCUT2D eigenvalue weighted by molar-refractivity contribution is -0.0979. The van der Waals surface area contributed by atoms with Crippen LogP contribution in [0.3, 0.4) is 0 Å². The van der Waals surface area contributed by atoms with Crippen LogP contribution in [0.4, 0.5) is 4.39 Å². The van der Waals surface area contributed by atoms with Crippen molar-refractivity contribution in [1.82, 2.24) is 5.32 Å². The fourth-order valence-electron chi connectivity index (χ4n) is 3.91. The number of allylic oxidation sites excluding steroid dienone is 2. The van der Waals surface area contributed by atoms with E-state index >= 15 is 0 Å². The molecule has 0 saturated heterocycles. The first-order valence-corrected chi connectivity index (χ1v) is 12.9. The Labute approximate surface area is 211 Å². The smallest absolute Gasteiger partial charge is 0.127 e. The van der Waals surface area contributed by atoms with Crippen molar-refractivity contribution >= 4 is 19.4 Å². The standard InChI is InChI=1S/C24H30FNO.C4H10S.CH2O/c1-4-18(26-3)15-17-13-14-24(27-19-9-6-7-10-19)22(16-17)21-11-8-12-23(25)20(21)5-2;1-4(2)3-5;1-2/h4,8,11-14,16,19,26H,5-7,9-10,15H2,1-3H3;4-5H,3H2,1-2H3;1H2/b18-4-;;. The molecule has 3 nitrogen and oxygen atoms in total. The van der Waals surface area contributed by atoms with Gasteiger partial charge >= 0.3 is 0 Å².